The maximum atomic E-state index is 13.3. The quantitative estimate of drug-likeness (QED) is 0.313. The van der Waals surface area contributed by atoms with Crippen LogP contribution in [0.1, 0.15) is 29.3 Å². The van der Waals surface area contributed by atoms with Crippen LogP contribution in [0.3, 0.4) is 0 Å². The number of anilines is 1. The molecule has 174 valence electrons. The highest BCUT2D eigenvalue weighted by atomic mass is 16.5. The molecule has 2 heterocycles. The number of carbonyl (C=O) groups is 2. The van der Waals surface area contributed by atoms with E-state index >= 15 is 0 Å². The van der Waals surface area contributed by atoms with Gasteiger partial charge in [-0.15, -0.1) is 0 Å². The minimum absolute atomic E-state index is 0.312. The van der Waals surface area contributed by atoms with E-state index in [4.69, 9.17) is 9.15 Å². The molecular weight excluding hydrogens is 442 g/mol. The van der Waals surface area contributed by atoms with Gasteiger partial charge in [0.1, 0.15) is 11.3 Å². The van der Waals surface area contributed by atoms with Crippen molar-refractivity contribution >= 4 is 39.6 Å². The van der Waals surface area contributed by atoms with Crippen molar-refractivity contribution in [1.29, 1.82) is 0 Å². The molecule has 3 aromatic carbocycles. The Balaban J connectivity index is 1.48. The maximum absolute atomic E-state index is 13.3. The van der Waals surface area contributed by atoms with E-state index in [0.29, 0.717) is 40.2 Å². The average molecular weight is 466 g/mol. The van der Waals surface area contributed by atoms with Gasteiger partial charge in [-0.3, -0.25) is 4.79 Å². The molecule has 0 aliphatic heterocycles. The molecule has 5 aromatic rings. The number of para-hydroxylation sites is 2. The van der Waals surface area contributed by atoms with Crippen LogP contribution in [0.15, 0.2) is 83.4 Å². The first kappa shape index (κ1) is 22.3. The van der Waals surface area contributed by atoms with E-state index in [9.17, 15) is 9.59 Å². The van der Waals surface area contributed by atoms with Crippen LogP contribution in [-0.4, -0.2) is 27.9 Å². The third-order valence-corrected chi connectivity index (χ3v) is 5.73. The SMILES string of the molecule is CCC(OC(=O)c1cccc2cccc(-c3nc4ccccc4o3)c12)C(=O)Nc1cc(C)ccn1. The molecule has 7 heteroatoms. The lowest BCUT2D eigenvalue weighted by Gasteiger charge is -2.17. The molecule has 2 aromatic heterocycles. The number of hydrogen-bond acceptors (Lipinski definition) is 6. The second-order valence-electron chi connectivity index (χ2n) is 8.21. The molecule has 5 rings (SSSR count). The number of oxazole rings is 1. The van der Waals surface area contributed by atoms with Gasteiger partial charge in [0, 0.05) is 17.1 Å². The Hall–Kier alpha value is -4.52. The number of carbonyl (C=O) groups excluding carboxylic acids is 2. The summed E-state index contributed by atoms with van der Waals surface area (Å²) in [4.78, 5) is 34.9. The molecule has 0 bridgehead atoms. The second kappa shape index (κ2) is 9.38. The molecule has 0 saturated carbocycles. The average Bonchev–Trinajstić information content (AvgIpc) is 3.30. The summed E-state index contributed by atoms with van der Waals surface area (Å²) in [6.07, 6.45) is 0.949. The first-order valence-electron chi connectivity index (χ1n) is 11.4. The number of benzene rings is 3. The van der Waals surface area contributed by atoms with E-state index in [1.807, 2.05) is 61.5 Å². The van der Waals surface area contributed by atoms with E-state index in [1.165, 1.54) is 0 Å². The molecule has 1 N–H and O–H groups in total. The number of aryl methyl sites for hydroxylation is 1. The number of rotatable bonds is 6. The molecule has 7 nitrogen and oxygen atoms in total. The van der Waals surface area contributed by atoms with Crippen molar-refractivity contribution in [2.45, 2.75) is 26.4 Å². The predicted molar refractivity (Wildman–Crippen MR) is 134 cm³/mol. The Bertz CT molecular complexity index is 1520. The third kappa shape index (κ3) is 4.48. The number of hydrogen-bond donors (Lipinski definition) is 1. The van der Waals surface area contributed by atoms with Gasteiger partial charge in [-0.2, -0.15) is 0 Å². The zero-order chi connectivity index (χ0) is 24.4. The van der Waals surface area contributed by atoms with Crippen molar-refractivity contribution in [3.8, 4) is 11.5 Å². The van der Waals surface area contributed by atoms with E-state index < -0.39 is 18.0 Å². The maximum Gasteiger partial charge on any atom is 0.339 e. The number of pyridine rings is 1. The van der Waals surface area contributed by atoms with Crippen LogP contribution in [0.4, 0.5) is 5.82 Å². The predicted octanol–water partition coefficient (Wildman–Crippen LogP) is 5.93. The fraction of sp³-hybridized carbons (Fsp3) is 0.143. The number of esters is 1. The molecule has 0 aliphatic carbocycles. The summed E-state index contributed by atoms with van der Waals surface area (Å²) >= 11 is 0. The molecule has 0 fully saturated rings. The van der Waals surface area contributed by atoms with Gasteiger partial charge in [-0.25, -0.2) is 14.8 Å². The van der Waals surface area contributed by atoms with E-state index in [0.717, 1.165) is 16.5 Å². The number of nitrogens with zero attached hydrogens (tertiary/aromatic N) is 2. The Kier molecular flexibility index (Phi) is 5.97. The summed E-state index contributed by atoms with van der Waals surface area (Å²) in [6.45, 7) is 3.69. The first-order valence-corrected chi connectivity index (χ1v) is 11.4. The molecule has 0 spiro atoms. The monoisotopic (exact) mass is 465 g/mol. The molecule has 0 saturated heterocycles. The number of amides is 1. The van der Waals surface area contributed by atoms with Crippen molar-refractivity contribution in [2.75, 3.05) is 5.32 Å². The minimum atomic E-state index is -0.975. The lowest BCUT2D eigenvalue weighted by Crippen LogP contribution is -2.32. The largest absolute Gasteiger partial charge is 0.449 e. The van der Waals surface area contributed by atoms with Gasteiger partial charge in [0.05, 0.1) is 5.56 Å². The summed E-state index contributed by atoms with van der Waals surface area (Å²) in [6, 6.07) is 22.1. The Morgan fingerprint density at radius 1 is 1.03 bits per heavy atom. The Labute approximate surface area is 201 Å². The zero-order valence-corrected chi connectivity index (χ0v) is 19.3. The smallest absolute Gasteiger partial charge is 0.339 e. The van der Waals surface area contributed by atoms with Gasteiger partial charge in [-0.05, 0) is 60.7 Å². The van der Waals surface area contributed by atoms with Gasteiger partial charge in [0.15, 0.2) is 11.7 Å². The number of aromatic nitrogens is 2. The van der Waals surface area contributed by atoms with Gasteiger partial charge in [0.2, 0.25) is 5.89 Å². The fourth-order valence-electron chi connectivity index (χ4n) is 4.00. The highest BCUT2D eigenvalue weighted by Gasteiger charge is 2.25. The van der Waals surface area contributed by atoms with Crippen molar-refractivity contribution < 1.29 is 18.7 Å². The lowest BCUT2D eigenvalue weighted by atomic mass is 9.99. The van der Waals surface area contributed by atoms with Crippen LogP contribution in [-0.2, 0) is 9.53 Å². The normalized spacial score (nSPS) is 11.9. The number of ether oxygens (including phenoxy) is 1. The minimum Gasteiger partial charge on any atom is -0.449 e. The molecule has 35 heavy (non-hydrogen) atoms. The van der Waals surface area contributed by atoms with Gasteiger partial charge in [0.25, 0.3) is 5.91 Å². The van der Waals surface area contributed by atoms with Crippen LogP contribution in [0.5, 0.6) is 0 Å². The van der Waals surface area contributed by atoms with Crippen molar-refractivity contribution in [1.82, 2.24) is 9.97 Å². The zero-order valence-electron chi connectivity index (χ0n) is 19.3. The van der Waals surface area contributed by atoms with E-state index in [1.54, 1.807) is 31.3 Å². The van der Waals surface area contributed by atoms with Crippen LogP contribution in [0.25, 0.3) is 33.3 Å². The van der Waals surface area contributed by atoms with Crippen molar-refractivity contribution in [3.05, 3.63) is 90.1 Å². The molecule has 1 amide bonds. The van der Waals surface area contributed by atoms with Crippen molar-refractivity contribution in [3.63, 3.8) is 0 Å². The summed E-state index contributed by atoms with van der Waals surface area (Å²) in [7, 11) is 0. The van der Waals surface area contributed by atoms with Crippen LogP contribution in [0.2, 0.25) is 0 Å². The van der Waals surface area contributed by atoms with Crippen molar-refractivity contribution in [2.24, 2.45) is 0 Å². The molecule has 0 aliphatic rings. The lowest BCUT2D eigenvalue weighted by molar-refractivity contribution is -0.124. The van der Waals surface area contributed by atoms with Crippen LogP contribution >= 0.6 is 0 Å². The fourth-order valence-corrected chi connectivity index (χ4v) is 4.00. The molecule has 1 atom stereocenters. The number of fused-ring (bicyclic) bond motifs is 2. The summed E-state index contributed by atoms with van der Waals surface area (Å²) in [5.41, 5.74) is 3.36. The van der Waals surface area contributed by atoms with Gasteiger partial charge >= 0.3 is 5.97 Å². The molecular formula is C28H23N3O4. The van der Waals surface area contributed by atoms with E-state index in [2.05, 4.69) is 15.3 Å². The van der Waals surface area contributed by atoms with Gasteiger partial charge in [-0.1, -0.05) is 43.3 Å². The van der Waals surface area contributed by atoms with E-state index in [-0.39, 0.29) is 0 Å². The second-order valence-corrected chi connectivity index (χ2v) is 8.21. The Morgan fingerprint density at radius 3 is 2.60 bits per heavy atom. The Morgan fingerprint density at radius 2 is 1.83 bits per heavy atom. The highest BCUT2D eigenvalue weighted by molar-refractivity contribution is 6.10. The van der Waals surface area contributed by atoms with Gasteiger partial charge < -0.3 is 14.5 Å². The summed E-state index contributed by atoms with van der Waals surface area (Å²) < 4.78 is 11.7. The standard InChI is InChI=1S/C28H23N3O4/c1-3-22(26(32)31-24-16-17(2)14-15-29-24)35-28(33)20-11-7-9-18-8-6-10-19(25(18)20)27-30-21-12-4-5-13-23(21)34-27/h4-16,22H,3H2,1-2H3,(H,29,31,32). The molecule has 0 radical (unpaired) electrons. The summed E-state index contributed by atoms with van der Waals surface area (Å²) in [5, 5.41) is 4.22. The summed E-state index contributed by atoms with van der Waals surface area (Å²) in [5.74, 6) is -0.211. The third-order valence-electron chi connectivity index (χ3n) is 5.73. The molecule has 1 unspecified atom stereocenters. The topological polar surface area (TPSA) is 94.3 Å². The highest BCUT2D eigenvalue weighted by Crippen LogP contribution is 2.33. The van der Waals surface area contributed by atoms with Crippen LogP contribution < -0.4 is 5.32 Å². The first-order chi connectivity index (χ1) is 17.0. The van der Waals surface area contributed by atoms with Crippen LogP contribution in [0, 0.1) is 6.92 Å². The number of nitrogens with one attached hydrogen (secondary N) is 1.